The van der Waals surface area contributed by atoms with E-state index in [-0.39, 0.29) is 42.7 Å². The number of carbonyl (C=O) groups excluding carboxylic acids is 1. The second-order valence-corrected chi connectivity index (χ2v) is 13.5. The number of piperidine rings is 1. The first-order chi connectivity index (χ1) is 21.8. The van der Waals surface area contributed by atoms with Gasteiger partial charge in [0.1, 0.15) is 5.02 Å². The molecule has 0 spiro atoms. The van der Waals surface area contributed by atoms with Gasteiger partial charge >= 0.3 is 21.6 Å². The zero-order valence-corrected chi connectivity index (χ0v) is 26.2. The zero-order valence-electron chi connectivity index (χ0n) is 24.6. The quantitative estimate of drug-likeness (QED) is 0.304. The Morgan fingerprint density at radius 1 is 1.07 bits per heavy atom. The number of aromatic nitrogens is 2. The van der Waals surface area contributed by atoms with Gasteiger partial charge in [0, 0.05) is 51.7 Å². The molecule has 46 heavy (non-hydrogen) atoms. The fraction of sp³-hybridized carbons (Fsp3) is 0.448. The van der Waals surface area contributed by atoms with Gasteiger partial charge in [-0.1, -0.05) is 35.9 Å². The number of anilines is 1. The second-order valence-electron chi connectivity index (χ2n) is 11.2. The molecule has 0 unspecified atom stereocenters. The van der Waals surface area contributed by atoms with E-state index in [1.54, 1.807) is 37.4 Å². The Kier molecular flexibility index (Phi) is 10.2. The molecule has 17 heteroatoms. The molecular formula is C29H32ClF5N6O4S. The molecule has 0 bridgehead atoms. The Hall–Kier alpha value is -3.31. The highest BCUT2D eigenvalue weighted by molar-refractivity contribution is 7.90. The predicted octanol–water partition coefficient (Wildman–Crippen LogP) is 5.07. The fourth-order valence-electron chi connectivity index (χ4n) is 5.88. The lowest BCUT2D eigenvalue weighted by molar-refractivity contribution is -0.0494. The van der Waals surface area contributed by atoms with Gasteiger partial charge in [0.2, 0.25) is 0 Å². The molecule has 2 amide bonds. The number of rotatable bonds is 9. The van der Waals surface area contributed by atoms with Crippen molar-refractivity contribution < 1.29 is 39.9 Å². The molecule has 250 valence electrons. The number of amides is 2. The van der Waals surface area contributed by atoms with Crippen LogP contribution in [0.15, 0.2) is 48.5 Å². The molecule has 2 aliphatic heterocycles. The molecule has 0 radical (unpaired) electrons. The summed E-state index contributed by atoms with van der Waals surface area (Å²) < 4.78 is 97.9. The van der Waals surface area contributed by atoms with E-state index in [1.165, 1.54) is 10.7 Å². The van der Waals surface area contributed by atoms with Crippen molar-refractivity contribution >= 4 is 33.5 Å². The molecular weight excluding hydrogens is 659 g/mol. The molecule has 1 aromatic heterocycles. The van der Waals surface area contributed by atoms with Gasteiger partial charge in [0.15, 0.2) is 17.5 Å². The van der Waals surface area contributed by atoms with Crippen LogP contribution in [0.25, 0.3) is 5.69 Å². The number of benzene rings is 2. The molecule has 2 fully saturated rings. The minimum absolute atomic E-state index is 0.0295. The number of hydrogen-bond acceptors (Lipinski definition) is 6. The average Bonchev–Trinajstić information content (AvgIpc) is 3.57. The topological polar surface area (TPSA) is 109 Å². The number of likely N-dealkylation sites (tertiary alicyclic amines) is 1. The van der Waals surface area contributed by atoms with E-state index in [9.17, 15) is 35.2 Å². The molecule has 2 N–H and O–H groups in total. The summed E-state index contributed by atoms with van der Waals surface area (Å²) in [4.78, 5) is 15.5. The SMILES string of the molecule is COCCN1C[C@@H](NC(=O)Nc2c(Cl)c(C3CCN(S(=O)(=O)C(F)(F)F)CC3)nn2-c2ccccc2)[C@H](c2ccc(F)c(F)c2)C1. The van der Waals surface area contributed by atoms with Crippen molar-refractivity contribution in [3.05, 3.63) is 76.4 Å². The fourth-order valence-corrected chi connectivity index (χ4v) is 7.19. The van der Waals surface area contributed by atoms with E-state index in [0.717, 1.165) is 12.1 Å². The summed E-state index contributed by atoms with van der Waals surface area (Å²) in [6, 6.07) is 11.2. The zero-order chi connectivity index (χ0) is 33.2. The number of urea groups is 1. The number of nitrogens with zero attached hydrogens (tertiary/aromatic N) is 4. The lowest BCUT2D eigenvalue weighted by Crippen LogP contribution is -2.44. The van der Waals surface area contributed by atoms with Crippen molar-refractivity contribution in [1.29, 1.82) is 0 Å². The van der Waals surface area contributed by atoms with Crippen LogP contribution in [-0.2, 0) is 14.8 Å². The van der Waals surface area contributed by atoms with Gasteiger partial charge in [-0.2, -0.15) is 22.6 Å². The highest BCUT2D eigenvalue weighted by Crippen LogP contribution is 2.39. The van der Waals surface area contributed by atoms with Gasteiger partial charge in [-0.15, -0.1) is 0 Å². The normalized spacial score (nSPS) is 20.2. The molecule has 2 atom stereocenters. The van der Waals surface area contributed by atoms with Crippen LogP contribution < -0.4 is 10.6 Å². The van der Waals surface area contributed by atoms with Gasteiger partial charge in [-0.25, -0.2) is 26.7 Å². The number of methoxy groups -OCH3 is 1. The molecule has 0 aliphatic carbocycles. The Morgan fingerprint density at radius 2 is 1.76 bits per heavy atom. The standard InChI is InChI=1S/C29H32ClF5N6O4S/c1-45-14-13-39-16-21(19-7-8-22(31)23(32)15-19)24(17-39)36-28(42)37-27-25(30)26(38-41(27)20-5-3-2-4-6-20)18-9-11-40(12-10-18)46(43,44)29(33,34)35/h2-8,15,18,21,24H,9-14,16-17H2,1H3,(H2,36,37,42)/t21-,24+/m0/s1. The number of para-hydroxylation sites is 1. The molecule has 2 saturated heterocycles. The smallest absolute Gasteiger partial charge is 0.383 e. The number of alkyl halides is 3. The summed E-state index contributed by atoms with van der Waals surface area (Å²) in [6.45, 7) is 1.08. The predicted molar refractivity (Wildman–Crippen MR) is 160 cm³/mol. The first-order valence-electron chi connectivity index (χ1n) is 14.4. The highest BCUT2D eigenvalue weighted by atomic mass is 35.5. The lowest BCUT2D eigenvalue weighted by Gasteiger charge is -2.30. The number of hydrogen-bond donors (Lipinski definition) is 2. The average molecular weight is 691 g/mol. The van der Waals surface area contributed by atoms with E-state index in [4.69, 9.17) is 16.3 Å². The van der Waals surface area contributed by atoms with E-state index >= 15 is 0 Å². The number of nitrogens with one attached hydrogen (secondary N) is 2. The molecule has 0 saturated carbocycles. The monoisotopic (exact) mass is 690 g/mol. The molecule has 3 aromatic rings. The number of halogens is 6. The Morgan fingerprint density at radius 3 is 2.39 bits per heavy atom. The van der Waals surface area contributed by atoms with E-state index < -0.39 is 45.2 Å². The third kappa shape index (κ3) is 7.15. The third-order valence-electron chi connectivity index (χ3n) is 8.25. The van der Waals surface area contributed by atoms with Crippen molar-refractivity contribution in [1.82, 2.24) is 24.3 Å². The molecule has 5 rings (SSSR count). The van der Waals surface area contributed by atoms with Gasteiger partial charge < -0.3 is 10.1 Å². The molecule has 2 aliphatic rings. The number of carbonyl (C=O) groups is 1. The van der Waals surface area contributed by atoms with Crippen molar-refractivity contribution in [2.24, 2.45) is 0 Å². The van der Waals surface area contributed by atoms with Crippen molar-refractivity contribution in [2.75, 3.05) is 51.8 Å². The van der Waals surface area contributed by atoms with Crippen molar-refractivity contribution in [3.8, 4) is 5.69 Å². The van der Waals surface area contributed by atoms with Crippen LogP contribution in [-0.4, -0.2) is 91.4 Å². The largest absolute Gasteiger partial charge is 0.511 e. The van der Waals surface area contributed by atoms with Crippen LogP contribution in [0.1, 0.15) is 35.9 Å². The summed E-state index contributed by atoms with van der Waals surface area (Å²) in [5, 5.41) is 10.3. The van der Waals surface area contributed by atoms with Crippen LogP contribution in [0.4, 0.5) is 32.6 Å². The minimum Gasteiger partial charge on any atom is -0.383 e. The Labute approximate surface area is 267 Å². The Balaban J connectivity index is 1.38. The summed E-state index contributed by atoms with van der Waals surface area (Å²) in [6.07, 6.45) is 0.0591. The summed E-state index contributed by atoms with van der Waals surface area (Å²) in [7, 11) is -3.90. The maximum atomic E-state index is 14.1. The Bertz CT molecular complexity index is 1650. The van der Waals surface area contributed by atoms with Crippen LogP contribution in [0.2, 0.25) is 5.02 Å². The highest BCUT2D eigenvalue weighted by Gasteiger charge is 2.50. The minimum atomic E-state index is -5.47. The molecule has 10 nitrogen and oxygen atoms in total. The van der Waals surface area contributed by atoms with Crippen LogP contribution in [0.5, 0.6) is 0 Å². The van der Waals surface area contributed by atoms with Crippen LogP contribution >= 0.6 is 11.6 Å². The maximum absolute atomic E-state index is 14.1. The summed E-state index contributed by atoms with van der Waals surface area (Å²) >= 11 is 6.77. The summed E-state index contributed by atoms with van der Waals surface area (Å²) in [5.74, 6) is -2.73. The molecule has 2 aromatic carbocycles. The molecule has 3 heterocycles. The second kappa shape index (κ2) is 13.8. The lowest BCUT2D eigenvalue weighted by atomic mass is 9.94. The van der Waals surface area contributed by atoms with Crippen LogP contribution in [0.3, 0.4) is 0 Å². The van der Waals surface area contributed by atoms with Gasteiger partial charge in [-0.05, 0) is 42.7 Å². The first-order valence-corrected chi connectivity index (χ1v) is 16.3. The van der Waals surface area contributed by atoms with Crippen molar-refractivity contribution in [3.63, 3.8) is 0 Å². The number of sulfonamides is 1. The first kappa shape index (κ1) is 34.0. The van der Waals surface area contributed by atoms with Crippen LogP contribution in [0, 0.1) is 11.6 Å². The van der Waals surface area contributed by atoms with Crippen molar-refractivity contribution in [2.45, 2.75) is 36.2 Å². The van der Waals surface area contributed by atoms with Gasteiger partial charge in [0.25, 0.3) is 0 Å². The summed E-state index contributed by atoms with van der Waals surface area (Å²) in [5.41, 5.74) is -4.05. The van der Waals surface area contributed by atoms with E-state index in [0.29, 0.717) is 47.5 Å². The third-order valence-corrected chi connectivity index (χ3v) is 10.3. The number of ether oxygens (including phenoxy) is 1. The van der Waals surface area contributed by atoms with Gasteiger partial charge in [0.05, 0.1) is 24.0 Å². The van der Waals surface area contributed by atoms with E-state index in [1.807, 2.05) is 4.90 Å². The maximum Gasteiger partial charge on any atom is 0.511 e. The van der Waals surface area contributed by atoms with E-state index in [2.05, 4.69) is 15.7 Å². The van der Waals surface area contributed by atoms with Gasteiger partial charge in [-0.3, -0.25) is 10.2 Å².